The molecule has 0 radical (unpaired) electrons. The molecule has 1 fully saturated rings. The van der Waals surface area contributed by atoms with Gasteiger partial charge in [0.15, 0.2) is 6.29 Å². The number of benzene rings is 5. The normalized spacial score (nSPS) is 17.8. The third-order valence-electron chi connectivity index (χ3n) is 9.89. The molecule has 0 spiro atoms. The van der Waals surface area contributed by atoms with Crippen molar-refractivity contribution in [2.24, 2.45) is 0 Å². The molecule has 1 aliphatic heterocycles. The summed E-state index contributed by atoms with van der Waals surface area (Å²) < 4.78 is 18.1. The predicted octanol–water partition coefficient (Wildman–Crippen LogP) is 6.35. The maximum atomic E-state index is 13.0. The SMILES string of the molecule is COC(=O)C(Cc1ccccc1)NC(=O)NCc1ccccc1-c1ccc(C2OC(CN(C)CC(O)c3cccc(O)c3)CC(c3ccc(CO)cc3)O2)cc1. The van der Waals surface area contributed by atoms with Crippen molar-refractivity contribution in [1.29, 1.82) is 0 Å². The molecule has 292 valence electrons. The zero-order chi connectivity index (χ0) is 39.4. The van der Waals surface area contributed by atoms with Gasteiger partial charge >= 0.3 is 12.0 Å². The number of carbonyl (C=O) groups is 2. The molecule has 1 aliphatic rings. The summed E-state index contributed by atoms with van der Waals surface area (Å²) in [7, 11) is 3.23. The smallest absolute Gasteiger partial charge is 0.328 e. The number of rotatable bonds is 15. The Morgan fingerprint density at radius 3 is 2.29 bits per heavy atom. The third kappa shape index (κ3) is 10.8. The van der Waals surface area contributed by atoms with E-state index in [0.717, 1.165) is 38.9 Å². The van der Waals surface area contributed by atoms with E-state index in [9.17, 15) is 24.9 Å². The van der Waals surface area contributed by atoms with E-state index >= 15 is 0 Å². The van der Waals surface area contributed by atoms with Crippen LogP contribution in [0, 0.1) is 0 Å². The van der Waals surface area contributed by atoms with Crippen LogP contribution in [0.4, 0.5) is 4.79 Å². The Bertz CT molecular complexity index is 2030. The zero-order valence-electron chi connectivity index (χ0n) is 31.6. The maximum absolute atomic E-state index is 13.0. The number of hydrogen-bond donors (Lipinski definition) is 5. The van der Waals surface area contributed by atoms with Gasteiger partial charge in [-0.05, 0) is 58.1 Å². The zero-order valence-corrected chi connectivity index (χ0v) is 31.6. The Labute approximate surface area is 327 Å². The highest BCUT2D eigenvalue weighted by Gasteiger charge is 2.33. The first-order valence-electron chi connectivity index (χ1n) is 18.7. The van der Waals surface area contributed by atoms with Crippen molar-refractivity contribution < 1.29 is 39.1 Å². The summed E-state index contributed by atoms with van der Waals surface area (Å²) in [5.41, 5.74) is 6.92. The molecule has 11 nitrogen and oxygen atoms in total. The minimum absolute atomic E-state index is 0.0458. The second kappa shape index (κ2) is 19.3. The Balaban J connectivity index is 1.13. The molecule has 11 heteroatoms. The molecule has 1 saturated heterocycles. The molecule has 5 aromatic rings. The van der Waals surface area contributed by atoms with Crippen LogP contribution in [0.15, 0.2) is 127 Å². The maximum Gasteiger partial charge on any atom is 0.328 e. The number of aliphatic hydroxyl groups excluding tert-OH is 2. The lowest BCUT2D eigenvalue weighted by atomic mass is 9.97. The lowest BCUT2D eigenvalue weighted by molar-refractivity contribution is -0.252. The predicted molar refractivity (Wildman–Crippen MR) is 212 cm³/mol. The number of phenolic OH excluding ortho intramolecular Hbond substituents is 1. The van der Waals surface area contributed by atoms with Crippen molar-refractivity contribution in [3.63, 3.8) is 0 Å². The van der Waals surface area contributed by atoms with Gasteiger partial charge in [-0.15, -0.1) is 0 Å². The molecule has 5 aromatic carbocycles. The molecule has 1 heterocycles. The lowest BCUT2D eigenvalue weighted by Gasteiger charge is -2.38. The molecule has 0 saturated carbocycles. The molecule has 2 amide bonds. The summed E-state index contributed by atoms with van der Waals surface area (Å²) in [5.74, 6) is -0.419. The molecular formula is C45H49N3O8. The van der Waals surface area contributed by atoms with Gasteiger partial charge in [-0.2, -0.15) is 0 Å². The molecule has 0 aliphatic carbocycles. The van der Waals surface area contributed by atoms with Gasteiger partial charge in [0.2, 0.25) is 0 Å². The number of nitrogens with one attached hydrogen (secondary N) is 2. The van der Waals surface area contributed by atoms with E-state index in [0.29, 0.717) is 31.5 Å². The molecule has 0 aromatic heterocycles. The summed E-state index contributed by atoms with van der Waals surface area (Å²) in [6, 6.07) is 38.2. The van der Waals surface area contributed by atoms with Gasteiger partial charge in [0.05, 0.1) is 32.0 Å². The second-order valence-corrected chi connectivity index (χ2v) is 14.1. The van der Waals surface area contributed by atoms with Crippen molar-refractivity contribution in [2.75, 3.05) is 27.2 Å². The number of urea groups is 1. The van der Waals surface area contributed by atoms with Crippen LogP contribution in [-0.4, -0.2) is 71.6 Å². The molecule has 6 rings (SSSR count). The number of ether oxygens (including phenoxy) is 3. The Morgan fingerprint density at radius 1 is 0.857 bits per heavy atom. The summed E-state index contributed by atoms with van der Waals surface area (Å²) in [5, 5.41) is 36.0. The number of hydrogen-bond acceptors (Lipinski definition) is 9. The molecule has 5 N–H and O–H groups in total. The van der Waals surface area contributed by atoms with Crippen LogP contribution in [-0.2, 0) is 38.6 Å². The molecule has 5 unspecified atom stereocenters. The van der Waals surface area contributed by atoms with Crippen LogP contribution < -0.4 is 10.6 Å². The molecule has 0 bridgehead atoms. The Morgan fingerprint density at radius 2 is 1.57 bits per heavy atom. The molecule has 5 atom stereocenters. The fraction of sp³-hybridized carbons (Fsp3) is 0.289. The molecule has 56 heavy (non-hydrogen) atoms. The van der Waals surface area contributed by atoms with Gasteiger partial charge in [-0.1, -0.05) is 115 Å². The van der Waals surface area contributed by atoms with E-state index in [4.69, 9.17) is 14.2 Å². The van der Waals surface area contributed by atoms with Crippen LogP contribution in [0.1, 0.15) is 58.3 Å². The quantitative estimate of drug-likeness (QED) is 0.0771. The van der Waals surface area contributed by atoms with Crippen molar-refractivity contribution in [3.05, 3.63) is 161 Å². The first kappa shape index (κ1) is 40.1. The number of carbonyl (C=O) groups excluding carboxylic acids is 2. The Kier molecular flexibility index (Phi) is 13.9. The number of aromatic hydroxyl groups is 1. The van der Waals surface area contributed by atoms with E-state index in [1.54, 1.807) is 24.3 Å². The van der Waals surface area contributed by atoms with E-state index in [1.807, 2.05) is 115 Å². The van der Waals surface area contributed by atoms with Crippen molar-refractivity contribution in [3.8, 4) is 16.9 Å². The van der Waals surface area contributed by atoms with Gasteiger partial charge < -0.3 is 45.1 Å². The molecular weight excluding hydrogens is 711 g/mol. The van der Waals surface area contributed by atoms with Crippen molar-refractivity contribution in [2.45, 2.75) is 56.6 Å². The highest BCUT2D eigenvalue weighted by atomic mass is 16.7. The number of phenols is 1. The van der Waals surface area contributed by atoms with Crippen LogP contribution in [0.25, 0.3) is 11.1 Å². The van der Waals surface area contributed by atoms with Gasteiger partial charge in [0.25, 0.3) is 0 Å². The largest absolute Gasteiger partial charge is 0.508 e. The number of esters is 1. The van der Waals surface area contributed by atoms with Crippen LogP contribution in [0.2, 0.25) is 0 Å². The first-order valence-corrected chi connectivity index (χ1v) is 18.7. The van der Waals surface area contributed by atoms with E-state index < -0.39 is 30.4 Å². The van der Waals surface area contributed by atoms with Gasteiger partial charge in [-0.25, -0.2) is 9.59 Å². The topological polar surface area (TPSA) is 150 Å². The fourth-order valence-corrected chi connectivity index (χ4v) is 6.93. The number of likely N-dealkylation sites (N-methyl/N-ethyl adjacent to an activating group) is 1. The van der Waals surface area contributed by atoms with Crippen molar-refractivity contribution in [1.82, 2.24) is 15.5 Å². The van der Waals surface area contributed by atoms with Gasteiger partial charge in [-0.3, -0.25) is 0 Å². The average Bonchev–Trinajstić information content (AvgIpc) is 3.22. The van der Waals surface area contributed by atoms with E-state index in [-0.39, 0.29) is 31.1 Å². The summed E-state index contributed by atoms with van der Waals surface area (Å²) in [6.45, 7) is 1.05. The summed E-state index contributed by atoms with van der Waals surface area (Å²) in [6.07, 6.45) is -1.09. The monoisotopic (exact) mass is 759 g/mol. The minimum Gasteiger partial charge on any atom is -0.508 e. The fourth-order valence-electron chi connectivity index (χ4n) is 6.93. The van der Waals surface area contributed by atoms with Crippen LogP contribution >= 0.6 is 0 Å². The number of amides is 2. The summed E-state index contributed by atoms with van der Waals surface area (Å²) in [4.78, 5) is 27.5. The number of nitrogens with zero attached hydrogens (tertiary/aromatic N) is 1. The number of aliphatic hydroxyl groups is 2. The highest BCUT2D eigenvalue weighted by molar-refractivity contribution is 5.84. The standard InChI is InChI=1S/C45H49N3O8/c1-48(28-41(51)35-12-8-13-37(50)24-35)27-38-25-42(33-17-15-31(29-49)16-18-33)56-44(55-38)34-21-19-32(20-22-34)39-14-7-6-11-36(39)26-46-45(53)47-40(43(52)54-2)23-30-9-4-3-5-10-30/h3-22,24,38,40-42,44,49-51H,23,25-29H2,1-2H3,(H2,46,47,53). The number of methoxy groups -OCH3 is 1. The van der Waals surface area contributed by atoms with Gasteiger partial charge in [0.1, 0.15) is 11.8 Å². The van der Waals surface area contributed by atoms with Gasteiger partial charge in [0, 0.05) is 38.0 Å². The summed E-state index contributed by atoms with van der Waals surface area (Å²) >= 11 is 0. The van der Waals surface area contributed by atoms with Crippen LogP contribution in [0.5, 0.6) is 5.75 Å². The highest BCUT2D eigenvalue weighted by Crippen LogP contribution is 2.39. The average molecular weight is 760 g/mol. The first-order chi connectivity index (χ1) is 27.2. The van der Waals surface area contributed by atoms with Crippen LogP contribution in [0.3, 0.4) is 0 Å². The van der Waals surface area contributed by atoms with E-state index in [2.05, 4.69) is 10.6 Å². The minimum atomic E-state index is -0.842. The lowest BCUT2D eigenvalue weighted by Crippen LogP contribution is -2.47. The second-order valence-electron chi connectivity index (χ2n) is 14.1. The van der Waals surface area contributed by atoms with E-state index in [1.165, 1.54) is 7.11 Å². The third-order valence-corrected chi connectivity index (χ3v) is 9.89. The Hall–Kier alpha value is -5.56. The van der Waals surface area contributed by atoms with Crippen molar-refractivity contribution >= 4 is 12.0 Å².